The van der Waals surface area contributed by atoms with E-state index in [9.17, 15) is 4.79 Å². The number of hydrogen-bond acceptors (Lipinski definition) is 1. The quantitative estimate of drug-likeness (QED) is 0.790. The minimum Gasteiger partial charge on any atom is -0.299 e. The van der Waals surface area contributed by atoms with E-state index in [1.165, 1.54) is 55.2 Å². The van der Waals surface area contributed by atoms with Gasteiger partial charge in [0.25, 0.3) is 0 Å². The Hall–Kier alpha value is -1.11. The first-order chi connectivity index (χ1) is 10.0. The molecule has 0 N–H and O–H groups in total. The molecule has 0 atom stereocenters. The smallest absolute Gasteiger partial charge is 0.143 e. The number of rotatable bonds is 3. The van der Waals surface area contributed by atoms with Gasteiger partial charge in [-0.25, -0.2) is 0 Å². The van der Waals surface area contributed by atoms with E-state index < -0.39 is 0 Å². The number of Topliss-reactive ketones (excluding diaryl/α,β-unsaturated/α-hetero) is 1. The van der Waals surface area contributed by atoms with Crippen molar-refractivity contribution in [1.82, 2.24) is 0 Å². The second-order valence-corrected chi connectivity index (χ2v) is 8.22. The minimum atomic E-state index is 0.0630. The third kappa shape index (κ3) is 2.25. The van der Waals surface area contributed by atoms with E-state index in [-0.39, 0.29) is 5.41 Å². The summed E-state index contributed by atoms with van der Waals surface area (Å²) in [6.07, 6.45) is 8.49. The van der Waals surface area contributed by atoms with Gasteiger partial charge >= 0.3 is 0 Å². The zero-order valence-corrected chi connectivity index (χ0v) is 13.3. The molecule has 4 bridgehead atoms. The summed E-state index contributed by atoms with van der Waals surface area (Å²) < 4.78 is 0. The lowest BCUT2D eigenvalue weighted by Gasteiger charge is -2.56. The molecular weight excluding hydrogens is 256 g/mol. The van der Waals surface area contributed by atoms with Crippen LogP contribution in [0.5, 0.6) is 0 Å². The van der Waals surface area contributed by atoms with Gasteiger partial charge in [-0.05, 0) is 86.8 Å². The van der Waals surface area contributed by atoms with Crippen LogP contribution in [0.25, 0.3) is 0 Å². The second-order valence-electron chi connectivity index (χ2n) is 8.22. The van der Waals surface area contributed by atoms with E-state index in [1.54, 1.807) is 0 Å². The predicted octanol–water partition coefficient (Wildman–Crippen LogP) is 4.63. The molecule has 0 radical (unpaired) electrons. The van der Waals surface area contributed by atoms with Gasteiger partial charge < -0.3 is 0 Å². The van der Waals surface area contributed by atoms with Gasteiger partial charge in [0, 0.05) is 11.8 Å². The highest BCUT2D eigenvalue weighted by molar-refractivity contribution is 5.87. The van der Waals surface area contributed by atoms with Gasteiger partial charge in [-0.2, -0.15) is 0 Å². The van der Waals surface area contributed by atoms with Crippen LogP contribution in [0.15, 0.2) is 18.2 Å². The maximum absolute atomic E-state index is 13.1. The molecule has 112 valence electrons. The Bertz CT molecular complexity index is 548. The highest BCUT2D eigenvalue weighted by Crippen LogP contribution is 2.60. The molecule has 0 spiro atoms. The fourth-order valence-corrected chi connectivity index (χ4v) is 5.74. The lowest BCUT2D eigenvalue weighted by atomic mass is 9.48. The Labute approximate surface area is 128 Å². The molecule has 1 aromatic rings. The Morgan fingerprint density at radius 1 is 1.00 bits per heavy atom. The summed E-state index contributed by atoms with van der Waals surface area (Å²) in [5.41, 5.74) is 3.92. The molecule has 1 nitrogen and oxygen atoms in total. The van der Waals surface area contributed by atoms with Gasteiger partial charge in [-0.15, -0.1) is 0 Å². The highest BCUT2D eigenvalue weighted by Gasteiger charge is 2.53. The van der Waals surface area contributed by atoms with Gasteiger partial charge in [0.05, 0.1) is 0 Å². The van der Waals surface area contributed by atoms with Crippen molar-refractivity contribution in [1.29, 1.82) is 0 Å². The zero-order chi connectivity index (χ0) is 14.6. The van der Waals surface area contributed by atoms with Gasteiger partial charge in [0.1, 0.15) is 5.78 Å². The summed E-state index contributed by atoms with van der Waals surface area (Å²) in [5, 5.41) is 0. The first kappa shape index (κ1) is 13.5. The number of carbonyl (C=O) groups excluding carboxylic acids is 1. The van der Waals surface area contributed by atoms with Crippen LogP contribution in [0.2, 0.25) is 0 Å². The molecule has 21 heavy (non-hydrogen) atoms. The Morgan fingerprint density at radius 2 is 1.57 bits per heavy atom. The van der Waals surface area contributed by atoms with Crippen molar-refractivity contribution in [3.05, 3.63) is 34.9 Å². The molecule has 4 aliphatic carbocycles. The molecule has 0 saturated heterocycles. The zero-order valence-electron chi connectivity index (χ0n) is 13.3. The number of aryl methyl sites for hydroxylation is 2. The molecule has 4 fully saturated rings. The van der Waals surface area contributed by atoms with Gasteiger partial charge in [0.2, 0.25) is 0 Å². The normalized spacial score (nSPS) is 37.0. The molecule has 0 aromatic heterocycles. The average molecular weight is 282 g/mol. The van der Waals surface area contributed by atoms with E-state index in [0.29, 0.717) is 12.2 Å². The summed E-state index contributed by atoms with van der Waals surface area (Å²) in [6, 6.07) is 6.53. The predicted molar refractivity (Wildman–Crippen MR) is 85.2 cm³/mol. The third-order valence-corrected chi connectivity index (χ3v) is 6.57. The van der Waals surface area contributed by atoms with Crippen LogP contribution in [-0.2, 0) is 11.2 Å². The first-order valence-electron chi connectivity index (χ1n) is 8.63. The van der Waals surface area contributed by atoms with Gasteiger partial charge in [-0.1, -0.05) is 18.2 Å². The summed E-state index contributed by atoms with van der Waals surface area (Å²) in [6.45, 7) is 4.29. The maximum atomic E-state index is 13.1. The van der Waals surface area contributed by atoms with Crippen molar-refractivity contribution in [3.63, 3.8) is 0 Å². The first-order valence-corrected chi connectivity index (χ1v) is 8.63. The molecule has 0 aliphatic heterocycles. The maximum Gasteiger partial charge on any atom is 0.143 e. The molecule has 0 unspecified atom stereocenters. The lowest BCUT2D eigenvalue weighted by molar-refractivity contribution is -0.143. The molecular formula is C20H26O. The van der Waals surface area contributed by atoms with Crippen LogP contribution in [0.4, 0.5) is 0 Å². The molecule has 5 rings (SSSR count). The van der Waals surface area contributed by atoms with Crippen molar-refractivity contribution in [2.45, 2.75) is 58.8 Å². The second kappa shape index (κ2) is 4.69. The Kier molecular flexibility index (Phi) is 3.03. The van der Waals surface area contributed by atoms with E-state index in [4.69, 9.17) is 0 Å². The largest absolute Gasteiger partial charge is 0.299 e. The minimum absolute atomic E-state index is 0.0630. The van der Waals surface area contributed by atoms with Gasteiger partial charge in [-0.3, -0.25) is 4.79 Å². The standard InChI is InChI=1S/C20H26O/c1-13-3-4-15(5-14(13)2)9-19(21)20-10-16-6-17(11-20)8-18(7-16)12-20/h3-5,16-18H,6-12H2,1-2H3. The van der Waals surface area contributed by atoms with Gasteiger partial charge in [0.15, 0.2) is 0 Å². The van der Waals surface area contributed by atoms with E-state index >= 15 is 0 Å². The Morgan fingerprint density at radius 3 is 2.10 bits per heavy atom. The van der Waals surface area contributed by atoms with Crippen LogP contribution in [0.3, 0.4) is 0 Å². The number of carbonyl (C=O) groups is 1. The van der Waals surface area contributed by atoms with E-state index in [0.717, 1.165) is 17.8 Å². The fraction of sp³-hybridized carbons (Fsp3) is 0.650. The summed E-state index contributed by atoms with van der Waals surface area (Å²) in [5.74, 6) is 3.13. The number of hydrogen-bond donors (Lipinski definition) is 0. The summed E-state index contributed by atoms with van der Waals surface area (Å²) in [7, 11) is 0. The van der Waals surface area contributed by atoms with Crippen LogP contribution >= 0.6 is 0 Å². The molecule has 4 saturated carbocycles. The molecule has 1 aromatic carbocycles. The SMILES string of the molecule is Cc1ccc(CC(=O)C23CC4CC(CC(C4)C2)C3)cc1C. The molecule has 0 amide bonds. The van der Waals surface area contributed by atoms with Crippen molar-refractivity contribution < 1.29 is 4.79 Å². The lowest BCUT2D eigenvalue weighted by Crippen LogP contribution is -2.50. The highest BCUT2D eigenvalue weighted by atomic mass is 16.1. The summed E-state index contributed by atoms with van der Waals surface area (Å²) >= 11 is 0. The molecule has 4 aliphatic rings. The molecule has 1 heteroatoms. The average Bonchev–Trinajstić information content (AvgIpc) is 2.41. The van der Waals surface area contributed by atoms with E-state index in [2.05, 4.69) is 32.0 Å². The fourth-order valence-electron chi connectivity index (χ4n) is 5.74. The monoisotopic (exact) mass is 282 g/mol. The number of ketones is 1. The van der Waals surface area contributed by atoms with Crippen LogP contribution in [-0.4, -0.2) is 5.78 Å². The van der Waals surface area contributed by atoms with Crippen LogP contribution in [0, 0.1) is 37.0 Å². The molecule has 0 heterocycles. The van der Waals surface area contributed by atoms with Crippen molar-refractivity contribution >= 4 is 5.78 Å². The summed E-state index contributed by atoms with van der Waals surface area (Å²) in [4.78, 5) is 13.1. The van der Waals surface area contributed by atoms with E-state index in [1.807, 2.05) is 0 Å². The third-order valence-electron chi connectivity index (χ3n) is 6.57. The topological polar surface area (TPSA) is 17.1 Å². The van der Waals surface area contributed by atoms with Crippen molar-refractivity contribution in [2.24, 2.45) is 23.2 Å². The number of benzene rings is 1. The van der Waals surface area contributed by atoms with Crippen molar-refractivity contribution in [3.8, 4) is 0 Å². The van der Waals surface area contributed by atoms with Crippen LogP contribution in [0.1, 0.15) is 55.2 Å². The van der Waals surface area contributed by atoms with Crippen molar-refractivity contribution in [2.75, 3.05) is 0 Å². The van der Waals surface area contributed by atoms with Crippen LogP contribution < -0.4 is 0 Å². The Balaban J connectivity index is 1.56.